The highest BCUT2D eigenvalue weighted by molar-refractivity contribution is 5.76. The van der Waals surface area contributed by atoms with E-state index in [9.17, 15) is 4.79 Å². The number of aryl methyl sites for hydroxylation is 1. The number of hydrogen-bond acceptors (Lipinski definition) is 3. The van der Waals surface area contributed by atoms with E-state index in [0.717, 1.165) is 35.8 Å². The van der Waals surface area contributed by atoms with Crippen molar-refractivity contribution in [2.24, 2.45) is 5.92 Å². The number of methoxy groups -OCH3 is 2. The van der Waals surface area contributed by atoms with Crippen molar-refractivity contribution in [2.75, 3.05) is 14.2 Å². The molecule has 2 rings (SSSR count). The van der Waals surface area contributed by atoms with Gasteiger partial charge in [-0.3, -0.25) is 4.79 Å². The van der Waals surface area contributed by atoms with E-state index in [1.165, 1.54) is 12.8 Å². The Morgan fingerprint density at radius 1 is 1.27 bits per heavy atom. The number of rotatable bonds is 6. The normalized spacial score (nSPS) is 21.2. The van der Waals surface area contributed by atoms with E-state index in [4.69, 9.17) is 9.47 Å². The van der Waals surface area contributed by atoms with Crippen LogP contribution in [0.1, 0.15) is 44.6 Å². The lowest BCUT2D eigenvalue weighted by Crippen LogP contribution is -2.38. The lowest BCUT2D eigenvalue weighted by molar-refractivity contribution is -0.122. The number of carbonyl (C=O) groups is 1. The summed E-state index contributed by atoms with van der Waals surface area (Å²) in [6.07, 6.45) is 5.86. The van der Waals surface area contributed by atoms with Gasteiger partial charge >= 0.3 is 0 Å². The van der Waals surface area contributed by atoms with Gasteiger partial charge in [-0.1, -0.05) is 19.8 Å². The molecule has 0 radical (unpaired) electrons. The molecule has 22 heavy (non-hydrogen) atoms. The molecule has 122 valence electrons. The van der Waals surface area contributed by atoms with Crippen LogP contribution in [0.2, 0.25) is 0 Å². The first-order chi connectivity index (χ1) is 10.6. The maximum Gasteiger partial charge on any atom is 0.220 e. The fraction of sp³-hybridized carbons (Fsp3) is 0.611. The van der Waals surface area contributed by atoms with Crippen molar-refractivity contribution in [3.05, 3.63) is 23.8 Å². The summed E-state index contributed by atoms with van der Waals surface area (Å²) >= 11 is 0. The third-order valence-electron chi connectivity index (χ3n) is 4.41. The summed E-state index contributed by atoms with van der Waals surface area (Å²) in [7, 11) is 3.29. The van der Waals surface area contributed by atoms with Crippen molar-refractivity contribution >= 4 is 5.91 Å². The molecule has 2 atom stereocenters. The first-order valence-electron chi connectivity index (χ1n) is 8.12. The second-order valence-corrected chi connectivity index (χ2v) is 6.21. The Morgan fingerprint density at radius 3 is 2.77 bits per heavy atom. The minimum atomic E-state index is 0.129. The molecule has 0 bridgehead atoms. The van der Waals surface area contributed by atoms with Crippen LogP contribution in [0.5, 0.6) is 11.5 Å². The van der Waals surface area contributed by atoms with Gasteiger partial charge in [-0.25, -0.2) is 0 Å². The first-order valence-corrected chi connectivity index (χ1v) is 8.12. The van der Waals surface area contributed by atoms with E-state index in [0.29, 0.717) is 18.9 Å². The molecule has 0 saturated heterocycles. The van der Waals surface area contributed by atoms with Crippen molar-refractivity contribution in [3.63, 3.8) is 0 Å². The maximum absolute atomic E-state index is 12.2. The standard InChI is InChI=1S/C18H27NO3/c1-13-5-4-6-15(11-13)19-18(20)10-7-14-12-16(21-2)8-9-17(14)22-3/h8-9,12-13,15H,4-7,10-11H2,1-3H3,(H,19,20). The summed E-state index contributed by atoms with van der Waals surface area (Å²) in [5.74, 6) is 2.44. The quantitative estimate of drug-likeness (QED) is 0.877. The number of benzene rings is 1. The molecule has 2 unspecified atom stereocenters. The summed E-state index contributed by atoms with van der Waals surface area (Å²) in [5.41, 5.74) is 1.01. The third kappa shape index (κ3) is 4.65. The molecular formula is C18H27NO3. The van der Waals surface area contributed by atoms with Gasteiger partial charge in [-0.05, 0) is 48.9 Å². The van der Waals surface area contributed by atoms with Gasteiger partial charge < -0.3 is 14.8 Å². The molecule has 0 heterocycles. The van der Waals surface area contributed by atoms with Crippen LogP contribution in [0.25, 0.3) is 0 Å². The minimum absolute atomic E-state index is 0.129. The SMILES string of the molecule is COc1ccc(OC)c(CCC(=O)NC2CCCC(C)C2)c1. The van der Waals surface area contributed by atoms with Crippen molar-refractivity contribution in [1.82, 2.24) is 5.32 Å². The van der Waals surface area contributed by atoms with Crippen molar-refractivity contribution in [2.45, 2.75) is 51.5 Å². The zero-order valence-electron chi connectivity index (χ0n) is 13.9. The third-order valence-corrected chi connectivity index (χ3v) is 4.41. The van der Waals surface area contributed by atoms with E-state index >= 15 is 0 Å². The van der Waals surface area contributed by atoms with Crippen LogP contribution in [0.15, 0.2) is 18.2 Å². The highest BCUT2D eigenvalue weighted by Gasteiger charge is 2.20. The van der Waals surface area contributed by atoms with Gasteiger partial charge in [0.1, 0.15) is 11.5 Å². The minimum Gasteiger partial charge on any atom is -0.497 e. The van der Waals surface area contributed by atoms with Gasteiger partial charge in [0.25, 0.3) is 0 Å². The average molecular weight is 305 g/mol. The van der Waals surface area contributed by atoms with Crippen LogP contribution in [0.4, 0.5) is 0 Å². The van der Waals surface area contributed by atoms with Gasteiger partial charge in [-0.15, -0.1) is 0 Å². The lowest BCUT2D eigenvalue weighted by Gasteiger charge is -2.27. The van der Waals surface area contributed by atoms with E-state index in [-0.39, 0.29) is 5.91 Å². The average Bonchev–Trinajstić information content (AvgIpc) is 2.52. The van der Waals surface area contributed by atoms with Gasteiger partial charge in [-0.2, -0.15) is 0 Å². The first kappa shape index (κ1) is 16.7. The molecule has 0 spiro atoms. The molecule has 0 aliphatic heterocycles. The summed E-state index contributed by atoms with van der Waals surface area (Å²) in [6, 6.07) is 6.04. The smallest absolute Gasteiger partial charge is 0.220 e. The Balaban J connectivity index is 1.87. The predicted molar refractivity (Wildman–Crippen MR) is 87.4 cm³/mol. The van der Waals surface area contributed by atoms with Crippen LogP contribution in [0.3, 0.4) is 0 Å². The van der Waals surface area contributed by atoms with Crippen LogP contribution < -0.4 is 14.8 Å². The Hall–Kier alpha value is -1.71. The molecule has 1 amide bonds. The molecule has 4 nitrogen and oxygen atoms in total. The highest BCUT2D eigenvalue weighted by Crippen LogP contribution is 2.26. The second kappa shape index (κ2) is 8.06. The highest BCUT2D eigenvalue weighted by atomic mass is 16.5. The van der Waals surface area contributed by atoms with Crippen molar-refractivity contribution in [3.8, 4) is 11.5 Å². The molecular weight excluding hydrogens is 278 g/mol. The zero-order chi connectivity index (χ0) is 15.9. The van der Waals surface area contributed by atoms with E-state index in [1.54, 1.807) is 14.2 Å². The van der Waals surface area contributed by atoms with E-state index in [1.807, 2.05) is 18.2 Å². The molecule has 1 N–H and O–H groups in total. The molecule has 1 aromatic carbocycles. The second-order valence-electron chi connectivity index (χ2n) is 6.21. The van der Waals surface area contributed by atoms with E-state index in [2.05, 4.69) is 12.2 Å². The van der Waals surface area contributed by atoms with Gasteiger partial charge in [0.2, 0.25) is 5.91 Å². The molecule has 4 heteroatoms. The van der Waals surface area contributed by atoms with Gasteiger partial charge in [0.15, 0.2) is 0 Å². The zero-order valence-corrected chi connectivity index (χ0v) is 13.9. The molecule has 0 aromatic heterocycles. The van der Waals surface area contributed by atoms with Crippen LogP contribution in [-0.2, 0) is 11.2 Å². The fourth-order valence-electron chi connectivity index (χ4n) is 3.19. The van der Waals surface area contributed by atoms with E-state index < -0.39 is 0 Å². The monoisotopic (exact) mass is 305 g/mol. The topological polar surface area (TPSA) is 47.6 Å². The molecule has 1 saturated carbocycles. The largest absolute Gasteiger partial charge is 0.497 e. The summed E-state index contributed by atoms with van der Waals surface area (Å²) in [5, 5.41) is 3.17. The number of nitrogens with one attached hydrogen (secondary N) is 1. The Labute approximate surface area is 133 Å². The summed E-state index contributed by atoms with van der Waals surface area (Å²) in [6.45, 7) is 2.26. The Bertz CT molecular complexity index is 501. The molecule has 1 aromatic rings. The van der Waals surface area contributed by atoms with Gasteiger partial charge in [0.05, 0.1) is 14.2 Å². The van der Waals surface area contributed by atoms with Crippen molar-refractivity contribution < 1.29 is 14.3 Å². The van der Waals surface area contributed by atoms with Crippen LogP contribution in [-0.4, -0.2) is 26.2 Å². The Kier molecular flexibility index (Phi) is 6.10. The molecule has 1 aliphatic rings. The van der Waals surface area contributed by atoms with Crippen molar-refractivity contribution in [1.29, 1.82) is 0 Å². The summed E-state index contributed by atoms with van der Waals surface area (Å²) in [4.78, 5) is 12.2. The lowest BCUT2D eigenvalue weighted by atomic mass is 9.87. The number of carbonyl (C=O) groups excluding carboxylic acids is 1. The summed E-state index contributed by atoms with van der Waals surface area (Å²) < 4.78 is 10.6. The number of ether oxygens (including phenoxy) is 2. The molecule has 1 fully saturated rings. The van der Waals surface area contributed by atoms with Crippen LogP contribution in [0, 0.1) is 5.92 Å². The number of hydrogen-bond donors (Lipinski definition) is 1. The van der Waals surface area contributed by atoms with Gasteiger partial charge in [0, 0.05) is 12.5 Å². The fourth-order valence-corrected chi connectivity index (χ4v) is 3.19. The molecule has 1 aliphatic carbocycles. The predicted octanol–water partition coefficient (Wildman–Crippen LogP) is 3.33. The number of amides is 1. The maximum atomic E-state index is 12.2. The Morgan fingerprint density at radius 2 is 2.09 bits per heavy atom. The van der Waals surface area contributed by atoms with Crippen LogP contribution >= 0.6 is 0 Å².